The van der Waals surface area contributed by atoms with Crippen molar-refractivity contribution in [3.8, 4) is 0 Å². The number of methoxy groups -OCH3 is 1. The second-order valence-corrected chi connectivity index (χ2v) is 5.32. The van der Waals surface area contributed by atoms with Crippen molar-refractivity contribution in [2.75, 3.05) is 12.4 Å². The summed E-state index contributed by atoms with van der Waals surface area (Å²) < 4.78 is 6.36. The van der Waals surface area contributed by atoms with Gasteiger partial charge >= 0.3 is 0 Å². The molecule has 3 heteroatoms. The normalized spacial score (nSPS) is 10.5. The fourth-order valence-corrected chi connectivity index (χ4v) is 2.38. The molecule has 0 aromatic heterocycles. The SMILES string of the molecule is COCc1ccccc1CNc1cccc(Br)c1C. The minimum Gasteiger partial charge on any atom is -0.381 e. The van der Waals surface area contributed by atoms with Crippen molar-refractivity contribution < 1.29 is 4.74 Å². The number of anilines is 1. The maximum absolute atomic E-state index is 5.23. The molecule has 0 fully saturated rings. The Bertz CT molecular complexity index is 554. The Morgan fingerprint density at radius 2 is 1.79 bits per heavy atom. The molecule has 0 atom stereocenters. The van der Waals surface area contributed by atoms with Gasteiger partial charge in [-0.25, -0.2) is 0 Å². The number of ether oxygens (including phenoxy) is 1. The van der Waals surface area contributed by atoms with Gasteiger partial charge in [0.15, 0.2) is 0 Å². The Labute approximate surface area is 122 Å². The molecular formula is C16H18BrNO. The van der Waals surface area contributed by atoms with Crippen molar-refractivity contribution in [1.82, 2.24) is 0 Å². The van der Waals surface area contributed by atoms with E-state index in [1.165, 1.54) is 16.7 Å². The van der Waals surface area contributed by atoms with Crippen LogP contribution in [0.1, 0.15) is 16.7 Å². The van der Waals surface area contributed by atoms with E-state index >= 15 is 0 Å². The smallest absolute Gasteiger partial charge is 0.0716 e. The average Bonchev–Trinajstić information content (AvgIpc) is 2.42. The van der Waals surface area contributed by atoms with E-state index < -0.39 is 0 Å². The molecule has 0 unspecified atom stereocenters. The maximum atomic E-state index is 5.23. The number of nitrogens with one attached hydrogen (secondary N) is 1. The van der Waals surface area contributed by atoms with Gasteiger partial charge in [0, 0.05) is 23.8 Å². The zero-order valence-electron chi connectivity index (χ0n) is 11.2. The summed E-state index contributed by atoms with van der Waals surface area (Å²) in [5, 5.41) is 3.48. The lowest BCUT2D eigenvalue weighted by atomic mass is 10.1. The molecule has 0 aliphatic rings. The summed E-state index contributed by atoms with van der Waals surface area (Å²) in [6.45, 7) is 3.56. The lowest BCUT2D eigenvalue weighted by molar-refractivity contribution is 0.184. The van der Waals surface area contributed by atoms with Gasteiger partial charge in [-0.1, -0.05) is 46.3 Å². The molecule has 0 aliphatic heterocycles. The summed E-state index contributed by atoms with van der Waals surface area (Å²) in [7, 11) is 1.72. The van der Waals surface area contributed by atoms with Crippen molar-refractivity contribution in [1.29, 1.82) is 0 Å². The number of rotatable bonds is 5. The highest BCUT2D eigenvalue weighted by atomic mass is 79.9. The van der Waals surface area contributed by atoms with E-state index in [0.717, 1.165) is 16.7 Å². The van der Waals surface area contributed by atoms with Gasteiger partial charge in [0.25, 0.3) is 0 Å². The fourth-order valence-electron chi connectivity index (χ4n) is 2.02. The molecule has 0 heterocycles. The van der Waals surface area contributed by atoms with Gasteiger partial charge in [0.2, 0.25) is 0 Å². The van der Waals surface area contributed by atoms with Crippen LogP contribution in [-0.4, -0.2) is 7.11 Å². The minimum atomic E-state index is 0.648. The topological polar surface area (TPSA) is 21.3 Å². The molecule has 0 radical (unpaired) electrons. The highest BCUT2D eigenvalue weighted by Gasteiger charge is 2.04. The summed E-state index contributed by atoms with van der Waals surface area (Å²) in [5.74, 6) is 0. The molecule has 0 amide bonds. The van der Waals surface area contributed by atoms with Gasteiger partial charge in [-0.05, 0) is 35.7 Å². The monoisotopic (exact) mass is 319 g/mol. The van der Waals surface area contributed by atoms with Crippen molar-refractivity contribution in [2.24, 2.45) is 0 Å². The summed E-state index contributed by atoms with van der Waals surface area (Å²) in [4.78, 5) is 0. The van der Waals surface area contributed by atoms with Crippen molar-refractivity contribution >= 4 is 21.6 Å². The predicted molar refractivity (Wildman–Crippen MR) is 83.4 cm³/mol. The largest absolute Gasteiger partial charge is 0.381 e. The van der Waals surface area contributed by atoms with Crippen LogP contribution < -0.4 is 5.32 Å². The van der Waals surface area contributed by atoms with E-state index in [9.17, 15) is 0 Å². The number of hydrogen-bond acceptors (Lipinski definition) is 2. The first-order valence-electron chi connectivity index (χ1n) is 6.27. The van der Waals surface area contributed by atoms with E-state index in [-0.39, 0.29) is 0 Å². The number of benzene rings is 2. The van der Waals surface area contributed by atoms with Crippen LogP contribution in [0, 0.1) is 6.92 Å². The van der Waals surface area contributed by atoms with Gasteiger partial charge in [-0.2, -0.15) is 0 Å². The second kappa shape index (κ2) is 6.73. The van der Waals surface area contributed by atoms with E-state index in [1.807, 2.05) is 12.1 Å². The standard InChI is InChI=1S/C16H18BrNO/c1-12-15(17)8-5-9-16(12)18-10-13-6-3-4-7-14(13)11-19-2/h3-9,18H,10-11H2,1-2H3. The Morgan fingerprint density at radius 1 is 1.05 bits per heavy atom. The van der Waals surface area contributed by atoms with Crippen LogP contribution in [0.3, 0.4) is 0 Å². The van der Waals surface area contributed by atoms with Crippen LogP contribution in [0.15, 0.2) is 46.9 Å². The third kappa shape index (κ3) is 3.58. The van der Waals surface area contributed by atoms with Crippen molar-refractivity contribution in [3.63, 3.8) is 0 Å². The minimum absolute atomic E-state index is 0.648. The van der Waals surface area contributed by atoms with Crippen LogP contribution in [0.5, 0.6) is 0 Å². The molecule has 19 heavy (non-hydrogen) atoms. The quantitative estimate of drug-likeness (QED) is 0.875. The molecule has 0 spiro atoms. The van der Waals surface area contributed by atoms with Crippen molar-refractivity contribution in [2.45, 2.75) is 20.1 Å². The van der Waals surface area contributed by atoms with Crippen LogP contribution in [0.2, 0.25) is 0 Å². The maximum Gasteiger partial charge on any atom is 0.0716 e. The average molecular weight is 320 g/mol. The highest BCUT2D eigenvalue weighted by molar-refractivity contribution is 9.10. The summed E-state index contributed by atoms with van der Waals surface area (Å²) in [5.41, 5.74) is 4.88. The molecule has 1 N–H and O–H groups in total. The molecule has 2 nitrogen and oxygen atoms in total. The van der Waals surface area contributed by atoms with Gasteiger partial charge in [0.05, 0.1) is 6.61 Å². The first kappa shape index (κ1) is 14.1. The lowest BCUT2D eigenvalue weighted by Crippen LogP contribution is -2.04. The number of halogens is 1. The zero-order valence-corrected chi connectivity index (χ0v) is 12.8. The Hall–Kier alpha value is -1.32. The molecule has 0 bridgehead atoms. The Balaban J connectivity index is 2.12. The fraction of sp³-hybridized carbons (Fsp3) is 0.250. The molecular weight excluding hydrogens is 302 g/mol. The molecule has 2 rings (SSSR count). The first-order valence-corrected chi connectivity index (χ1v) is 7.06. The molecule has 100 valence electrons. The van der Waals surface area contributed by atoms with Crippen LogP contribution in [-0.2, 0) is 17.9 Å². The van der Waals surface area contributed by atoms with Gasteiger partial charge in [-0.15, -0.1) is 0 Å². The van der Waals surface area contributed by atoms with Gasteiger partial charge in [-0.3, -0.25) is 0 Å². The third-order valence-electron chi connectivity index (χ3n) is 3.16. The van der Waals surface area contributed by atoms with Crippen molar-refractivity contribution in [3.05, 3.63) is 63.6 Å². The molecule has 0 aliphatic carbocycles. The predicted octanol–water partition coefficient (Wildman–Crippen LogP) is 4.52. The van der Waals surface area contributed by atoms with Gasteiger partial charge < -0.3 is 10.1 Å². The first-order chi connectivity index (χ1) is 9.22. The van der Waals surface area contributed by atoms with E-state index in [0.29, 0.717) is 6.61 Å². The van der Waals surface area contributed by atoms with E-state index in [1.54, 1.807) is 7.11 Å². The second-order valence-electron chi connectivity index (χ2n) is 4.47. The lowest BCUT2D eigenvalue weighted by Gasteiger charge is -2.13. The summed E-state index contributed by atoms with van der Waals surface area (Å²) >= 11 is 3.55. The molecule has 2 aromatic carbocycles. The Morgan fingerprint density at radius 3 is 2.53 bits per heavy atom. The Kier molecular flexibility index (Phi) is 5.00. The highest BCUT2D eigenvalue weighted by Crippen LogP contribution is 2.24. The van der Waals surface area contributed by atoms with E-state index in [2.05, 4.69) is 58.5 Å². The summed E-state index contributed by atoms with van der Waals surface area (Å²) in [6.07, 6.45) is 0. The summed E-state index contributed by atoms with van der Waals surface area (Å²) in [6, 6.07) is 14.5. The third-order valence-corrected chi connectivity index (χ3v) is 4.01. The van der Waals surface area contributed by atoms with Crippen LogP contribution >= 0.6 is 15.9 Å². The number of hydrogen-bond donors (Lipinski definition) is 1. The van der Waals surface area contributed by atoms with Gasteiger partial charge in [0.1, 0.15) is 0 Å². The van der Waals surface area contributed by atoms with Crippen LogP contribution in [0.4, 0.5) is 5.69 Å². The molecule has 0 saturated heterocycles. The zero-order chi connectivity index (χ0) is 13.7. The van der Waals surface area contributed by atoms with E-state index in [4.69, 9.17) is 4.74 Å². The molecule has 2 aromatic rings. The van der Waals surface area contributed by atoms with Crippen LogP contribution in [0.25, 0.3) is 0 Å². The molecule has 0 saturated carbocycles.